The van der Waals surface area contributed by atoms with Gasteiger partial charge in [-0.15, -0.1) is 0 Å². The van der Waals surface area contributed by atoms with E-state index in [-0.39, 0.29) is 5.75 Å². The first-order valence-electron chi connectivity index (χ1n) is 4.77. The summed E-state index contributed by atoms with van der Waals surface area (Å²) in [7, 11) is 1.58. The highest BCUT2D eigenvalue weighted by molar-refractivity contribution is 5.54. The summed E-state index contributed by atoms with van der Waals surface area (Å²) in [6, 6.07) is 5.12. The van der Waals surface area contributed by atoms with Crippen molar-refractivity contribution in [3.8, 4) is 11.5 Å². The van der Waals surface area contributed by atoms with Crippen molar-refractivity contribution in [2.45, 2.75) is 20.8 Å². The summed E-state index contributed by atoms with van der Waals surface area (Å²) < 4.78 is 4.99. The molecular formula is C12H18O2. The zero-order valence-electron chi connectivity index (χ0n) is 9.24. The van der Waals surface area contributed by atoms with Gasteiger partial charge in [0.1, 0.15) is 11.5 Å². The topological polar surface area (TPSA) is 29.5 Å². The molecule has 0 fully saturated rings. The van der Waals surface area contributed by atoms with E-state index in [1.165, 1.54) is 0 Å². The second-order valence-electron chi connectivity index (χ2n) is 2.46. The van der Waals surface area contributed by atoms with E-state index in [0.29, 0.717) is 5.75 Å². The monoisotopic (exact) mass is 194 g/mol. The first-order valence-corrected chi connectivity index (χ1v) is 4.77. The molecule has 0 aliphatic rings. The van der Waals surface area contributed by atoms with Gasteiger partial charge in [-0.2, -0.15) is 0 Å². The smallest absolute Gasteiger partial charge is 0.123 e. The molecule has 1 rings (SSSR count). The van der Waals surface area contributed by atoms with Crippen LogP contribution >= 0.6 is 0 Å². The number of allylic oxidation sites excluding steroid dienone is 1. The lowest BCUT2D eigenvalue weighted by molar-refractivity contribution is 0.407. The van der Waals surface area contributed by atoms with Gasteiger partial charge in [-0.05, 0) is 24.6 Å². The number of phenolic OH excluding ortho intramolecular Hbond substituents is 1. The van der Waals surface area contributed by atoms with Gasteiger partial charge in [0.05, 0.1) is 7.11 Å². The van der Waals surface area contributed by atoms with Crippen molar-refractivity contribution in [3.05, 3.63) is 29.8 Å². The van der Waals surface area contributed by atoms with Crippen LogP contribution in [0, 0.1) is 0 Å². The molecule has 0 spiro atoms. The molecule has 1 N–H and O–H groups in total. The number of rotatable bonds is 2. The molecule has 0 saturated heterocycles. The Kier molecular flexibility index (Phi) is 6.29. The molecule has 78 valence electrons. The van der Waals surface area contributed by atoms with Crippen LogP contribution in [0.3, 0.4) is 0 Å². The maximum atomic E-state index is 9.24. The van der Waals surface area contributed by atoms with Gasteiger partial charge < -0.3 is 9.84 Å². The zero-order chi connectivity index (χ0) is 11.0. The van der Waals surface area contributed by atoms with E-state index in [4.69, 9.17) is 4.74 Å². The van der Waals surface area contributed by atoms with Crippen molar-refractivity contribution < 1.29 is 9.84 Å². The standard InChI is InChI=1S/C10H12O2.C2H6/c1-3-4-8-5-9(11)7-10(6-8)12-2;1-2/h3-7,11H,1-2H3;1-2H3/b4-3+;. The highest BCUT2D eigenvalue weighted by Crippen LogP contribution is 2.21. The highest BCUT2D eigenvalue weighted by atomic mass is 16.5. The van der Waals surface area contributed by atoms with Crippen LogP contribution in [0.5, 0.6) is 11.5 Å². The summed E-state index contributed by atoms with van der Waals surface area (Å²) >= 11 is 0. The van der Waals surface area contributed by atoms with Crippen LogP contribution in [0.4, 0.5) is 0 Å². The predicted octanol–water partition coefficient (Wildman–Crippen LogP) is 3.46. The molecule has 0 bridgehead atoms. The number of aromatic hydroxyl groups is 1. The van der Waals surface area contributed by atoms with E-state index in [2.05, 4.69) is 0 Å². The van der Waals surface area contributed by atoms with Crippen molar-refractivity contribution in [3.63, 3.8) is 0 Å². The Hall–Kier alpha value is -1.44. The minimum absolute atomic E-state index is 0.224. The number of phenols is 1. The Balaban J connectivity index is 0.000000791. The lowest BCUT2D eigenvalue weighted by Crippen LogP contribution is -1.82. The van der Waals surface area contributed by atoms with E-state index in [0.717, 1.165) is 5.56 Å². The van der Waals surface area contributed by atoms with Crippen molar-refractivity contribution in [2.24, 2.45) is 0 Å². The number of hydrogen-bond donors (Lipinski definition) is 1. The van der Waals surface area contributed by atoms with Crippen molar-refractivity contribution in [1.29, 1.82) is 0 Å². The SMILES string of the molecule is C/C=C/c1cc(O)cc(OC)c1.CC. The van der Waals surface area contributed by atoms with Crippen LogP contribution in [-0.2, 0) is 0 Å². The summed E-state index contributed by atoms with van der Waals surface area (Å²) in [6.45, 7) is 5.93. The number of methoxy groups -OCH3 is 1. The fraction of sp³-hybridized carbons (Fsp3) is 0.333. The quantitative estimate of drug-likeness (QED) is 0.781. The number of benzene rings is 1. The molecule has 0 heterocycles. The molecule has 0 aromatic heterocycles. The van der Waals surface area contributed by atoms with E-state index in [1.807, 2.05) is 39.0 Å². The van der Waals surface area contributed by atoms with Crippen molar-refractivity contribution >= 4 is 6.08 Å². The minimum Gasteiger partial charge on any atom is -0.508 e. The van der Waals surface area contributed by atoms with Gasteiger partial charge >= 0.3 is 0 Å². The molecule has 0 aliphatic heterocycles. The maximum Gasteiger partial charge on any atom is 0.123 e. The summed E-state index contributed by atoms with van der Waals surface area (Å²) in [5.74, 6) is 0.894. The van der Waals surface area contributed by atoms with Crippen LogP contribution in [0.25, 0.3) is 6.08 Å². The Bertz CT molecular complexity index is 290. The maximum absolute atomic E-state index is 9.24. The molecule has 2 heteroatoms. The van der Waals surface area contributed by atoms with E-state index < -0.39 is 0 Å². The van der Waals surface area contributed by atoms with Crippen LogP contribution in [0.2, 0.25) is 0 Å². The first-order chi connectivity index (χ1) is 6.76. The molecule has 0 atom stereocenters. The molecule has 0 amide bonds. The third kappa shape index (κ3) is 3.99. The van der Waals surface area contributed by atoms with Gasteiger partial charge in [0, 0.05) is 6.07 Å². The average molecular weight is 194 g/mol. The summed E-state index contributed by atoms with van der Waals surface area (Å²) in [6.07, 6.45) is 3.82. The Labute approximate surface area is 85.8 Å². The second kappa shape index (κ2) is 7.01. The third-order valence-corrected chi connectivity index (χ3v) is 1.51. The molecule has 1 aromatic rings. The number of hydrogen-bond acceptors (Lipinski definition) is 2. The third-order valence-electron chi connectivity index (χ3n) is 1.51. The molecule has 14 heavy (non-hydrogen) atoms. The average Bonchev–Trinajstić information content (AvgIpc) is 2.20. The zero-order valence-corrected chi connectivity index (χ0v) is 9.24. The molecule has 0 aliphatic carbocycles. The van der Waals surface area contributed by atoms with Crippen LogP contribution in [-0.4, -0.2) is 12.2 Å². The second-order valence-corrected chi connectivity index (χ2v) is 2.46. The van der Waals surface area contributed by atoms with Crippen LogP contribution < -0.4 is 4.74 Å². The fourth-order valence-electron chi connectivity index (χ4n) is 1.01. The van der Waals surface area contributed by atoms with Gasteiger partial charge in [-0.25, -0.2) is 0 Å². The van der Waals surface area contributed by atoms with Gasteiger partial charge in [-0.1, -0.05) is 26.0 Å². The number of ether oxygens (including phenoxy) is 1. The van der Waals surface area contributed by atoms with Gasteiger partial charge in [-0.3, -0.25) is 0 Å². The Morgan fingerprint density at radius 1 is 1.21 bits per heavy atom. The Morgan fingerprint density at radius 3 is 2.36 bits per heavy atom. The molecule has 0 unspecified atom stereocenters. The van der Waals surface area contributed by atoms with E-state index >= 15 is 0 Å². The molecule has 0 radical (unpaired) electrons. The summed E-state index contributed by atoms with van der Waals surface area (Å²) in [5, 5.41) is 9.24. The molecule has 1 aromatic carbocycles. The lowest BCUT2D eigenvalue weighted by atomic mass is 10.2. The normalized spacial score (nSPS) is 9.43. The van der Waals surface area contributed by atoms with Gasteiger partial charge in [0.25, 0.3) is 0 Å². The van der Waals surface area contributed by atoms with Gasteiger partial charge in [0.15, 0.2) is 0 Å². The summed E-state index contributed by atoms with van der Waals surface area (Å²) in [5.41, 5.74) is 0.939. The van der Waals surface area contributed by atoms with Crippen LogP contribution in [0.15, 0.2) is 24.3 Å². The van der Waals surface area contributed by atoms with Crippen molar-refractivity contribution in [1.82, 2.24) is 0 Å². The van der Waals surface area contributed by atoms with Gasteiger partial charge in [0.2, 0.25) is 0 Å². The first kappa shape index (κ1) is 12.6. The van der Waals surface area contributed by atoms with Crippen molar-refractivity contribution in [2.75, 3.05) is 7.11 Å². The van der Waals surface area contributed by atoms with E-state index in [1.54, 1.807) is 19.2 Å². The van der Waals surface area contributed by atoms with E-state index in [9.17, 15) is 5.11 Å². The highest BCUT2D eigenvalue weighted by Gasteiger charge is 1.96. The minimum atomic E-state index is 0.224. The fourth-order valence-corrected chi connectivity index (χ4v) is 1.01. The lowest BCUT2D eigenvalue weighted by Gasteiger charge is -2.01. The molecule has 2 nitrogen and oxygen atoms in total. The molecule has 0 saturated carbocycles. The molecular weight excluding hydrogens is 176 g/mol. The Morgan fingerprint density at radius 2 is 1.86 bits per heavy atom. The largest absolute Gasteiger partial charge is 0.508 e. The predicted molar refractivity (Wildman–Crippen MR) is 60.7 cm³/mol. The summed E-state index contributed by atoms with van der Waals surface area (Å²) in [4.78, 5) is 0. The van der Waals surface area contributed by atoms with Crippen LogP contribution in [0.1, 0.15) is 26.3 Å².